The van der Waals surface area contributed by atoms with Crippen LogP contribution in [0.5, 0.6) is 11.5 Å². The van der Waals surface area contributed by atoms with Crippen molar-refractivity contribution in [2.75, 3.05) is 26.9 Å². The molecule has 0 fully saturated rings. The van der Waals surface area contributed by atoms with Crippen molar-refractivity contribution in [2.45, 2.75) is 12.8 Å². The van der Waals surface area contributed by atoms with E-state index in [4.69, 9.17) is 14.2 Å². The van der Waals surface area contributed by atoms with E-state index in [0.717, 1.165) is 11.3 Å². The van der Waals surface area contributed by atoms with Crippen LogP contribution in [0.25, 0.3) is 0 Å². The lowest BCUT2D eigenvalue weighted by atomic mass is 10.1. The molecule has 0 atom stereocenters. The zero-order valence-electron chi connectivity index (χ0n) is 14.8. The van der Waals surface area contributed by atoms with E-state index < -0.39 is 0 Å². The summed E-state index contributed by atoms with van der Waals surface area (Å²) in [6.07, 6.45) is 0.425. The van der Waals surface area contributed by atoms with Gasteiger partial charge in [-0.15, -0.1) is 0 Å². The van der Waals surface area contributed by atoms with Gasteiger partial charge >= 0.3 is 5.97 Å². The number of esters is 1. The number of carbonyl (C=O) groups is 2. The minimum absolute atomic E-state index is 0.119. The van der Waals surface area contributed by atoms with E-state index in [1.807, 2.05) is 30.3 Å². The maximum Gasteiger partial charge on any atom is 0.307 e. The normalized spacial score (nSPS) is 10.0. The van der Waals surface area contributed by atoms with Gasteiger partial charge in [0.2, 0.25) is 5.91 Å². The molecule has 0 heterocycles. The van der Waals surface area contributed by atoms with Crippen molar-refractivity contribution >= 4 is 11.9 Å². The highest BCUT2D eigenvalue weighted by atomic mass is 16.6. The summed E-state index contributed by atoms with van der Waals surface area (Å²) in [4.78, 5) is 23.4. The molecule has 26 heavy (non-hydrogen) atoms. The summed E-state index contributed by atoms with van der Waals surface area (Å²) >= 11 is 0. The van der Waals surface area contributed by atoms with Crippen molar-refractivity contribution in [2.24, 2.45) is 0 Å². The van der Waals surface area contributed by atoms with Crippen molar-refractivity contribution in [1.82, 2.24) is 5.32 Å². The van der Waals surface area contributed by atoms with Crippen molar-refractivity contribution in [3.05, 3.63) is 60.2 Å². The zero-order chi connectivity index (χ0) is 18.6. The van der Waals surface area contributed by atoms with E-state index >= 15 is 0 Å². The van der Waals surface area contributed by atoms with Crippen LogP contribution in [0.4, 0.5) is 0 Å². The first kappa shape index (κ1) is 19.3. The molecular weight excluding hydrogens is 334 g/mol. The van der Waals surface area contributed by atoms with Gasteiger partial charge in [-0.1, -0.05) is 30.3 Å². The molecule has 0 saturated carbocycles. The van der Waals surface area contributed by atoms with Crippen LogP contribution in [-0.4, -0.2) is 38.7 Å². The van der Waals surface area contributed by atoms with Gasteiger partial charge in [-0.3, -0.25) is 9.59 Å². The standard InChI is InChI=1S/C20H23NO5/c1-24-17-7-9-18(10-8-17)25-13-14-26-20(23)11-12-21-19(22)15-16-5-3-2-4-6-16/h2-10H,11-15H2,1H3,(H,21,22). The minimum Gasteiger partial charge on any atom is -0.497 e. The van der Waals surface area contributed by atoms with Crippen molar-refractivity contribution < 1.29 is 23.8 Å². The first-order valence-corrected chi connectivity index (χ1v) is 8.40. The molecule has 6 heteroatoms. The molecule has 0 aromatic heterocycles. The molecule has 2 aromatic carbocycles. The van der Waals surface area contributed by atoms with Crippen molar-refractivity contribution in [3.8, 4) is 11.5 Å². The summed E-state index contributed by atoms with van der Waals surface area (Å²) in [6, 6.07) is 16.6. The molecule has 0 saturated heterocycles. The predicted octanol–water partition coefficient (Wildman–Crippen LogP) is 2.37. The minimum atomic E-state index is -0.372. The fourth-order valence-electron chi connectivity index (χ4n) is 2.21. The van der Waals surface area contributed by atoms with E-state index in [1.54, 1.807) is 31.4 Å². The maximum absolute atomic E-state index is 11.8. The lowest BCUT2D eigenvalue weighted by Gasteiger charge is -2.08. The van der Waals surface area contributed by atoms with Crippen LogP contribution in [0.2, 0.25) is 0 Å². The summed E-state index contributed by atoms with van der Waals surface area (Å²) in [5.41, 5.74) is 0.934. The molecular formula is C20H23NO5. The van der Waals surface area contributed by atoms with E-state index in [-0.39, 0.29) is 38.1 Å². The highest BCUT2D eigenvalue weighted by Gasteiger charge is 2.06. The Kier molecular flexibility index (Phi) is 7.99. The summed E-state index contributed by atoms with van der Waals surface area (Å²) in [6.45, 7) is 0.672. The smallest absolute Gasteiger partial charge is 0.307 e. The van der Waals surface area contributed by atoms with Crippen molar-refractivity contribution in [1.29, 1.82) is 0 Å². The Labute approximate surface area is 153 Å². The van der Waals surface area contributed by atoms with Gasteiger partial charge in [-0.2, -0.15) is 0 Å². The molecule has 0 aliphatic carbocycles. The number of hydrogen-bond acceptors (Lipinski definition) is 5. The summed E-state index contributed by atoms with van der Waals surface area (Å²) < 4.78 is 15.6. The third-order valence-corrected chi connectivity index (χ3v) is 3.53. The molecule has 0 aliphatic heterocycles. The summed E-state index contributed by atoms with van der Waals surface area (Å²) in [7, 11) is 1.60. The van der Waals surface area contributed by atoms with Crippen LogP contribution in [-0.2, 0) is 20.7 Å². The molecule has 1 N–H and O–H groups in total. The highest BCUT2D eigenvalue weighted by molar-refractivity contribution is 5.79. The van der Waals surface area contributed by atoms with Crippen LogP contribution >= 0.6 is 0 Å². The molecule has 2 rings (SSSR count). The SMILES string of the molecule is COc1ccc(OCCOC(=O)CCNC(=O)Cc2ccccc2)cc1. The van der Waals surface area contributed by atoms with Crippen LogP contribution in [0.1, 0.15) is 12.0 Å². The molecule has 0 unspecified atom stereocenters. The van der Waals surface area contributed by atoms with Gasteiger partial charge in [0.1, 0.15) is 24.7 Å². The van der Waals surface area contributed by atoms with E-state index in [1.165, 1.54) is 0 Å². The van der Waals surface area contributed by atoms with Gasteiger partial charge in [-0.25, -0.2) is 0 Å². The number of ether oxygens (including phenoxy) is 3. The second kappa shape index (κ2) is 10.8. The third kappa shape index (κ3) is 7.25. The number of rotatable bonds is 10. The van der Waals surface area contributed by atoms with Gasteiger partial charge in [0.05, 0.1) is 20.0 Å². The van der Waals surface area contributed by atoms with Crippen LogP contribution < -0.4 is 14.8 Å². The lowest BCUT2D eigenvalue weighted by Crippen LogP contribution is -2.28. The van der Waals surface area contributed by atoms with Gasteiger partial charge in [0.25, 0.3) is 0 Å². The molecule has 6 nitrogen and oxygen atoms in total. The number of methoxy groups -OCH3 is 1. The Morgan fingerprint density at radius 1 is 0.923 bits per heavy atom. The fraction of sp³-hybridized carbons (Fsp3) is 0.300. The summed E-state index contributed by atoms with van der Waals surface area (Å²) in [5, 5.41) is 2.71. The molecule has 0 radical (unpaired) electrons. The number of nitrogens with one attached hydrogen (secondary N) is 1. The van der Waals surface area contributed by atoms with Crippen LogP contribution in [0.15, 0.2) is 54.6 Å². The predicted molar refractivity (Wildman–Crippen MR) is 97.2 cm³/mol. The average Bonchev–Trinajstić information content (AvgIpc) is 2.66. The zero-order valence-corrected chi connectivity index (χ0v) is 14.8. The second-order valence-electron chi connectivity index (χ2n) is 5.51. The Morgan fingerprint density at radius 3 is 2.31 bits per heavy atom. The van der Waals surface area contributed by atoms with Gasteiger partial charge in [0.15, 0.2) is 0 Å². The van der Waals surface area contributed by atoms with E-state index in [9.17, 15) is 9.59 Å². The Morgan fingerprint density at radius 2 is 1.62 bits per heavy atom. The largest absolute Gasteiger partial charge is 0.497 e. The quantitative estimate of drug-likeness (QED) is 0.522. The Balaban J connectivity index is 1.53. The molecule has 0 bridgehead atoms. The Bertz CT molecular complexity index is 685. The monoisotopic (exact) mass is 357 g/mol. The van der Waals surface area contributed by atoms with Crippen molar-refractivity contribution in [3.63, 3.8) is 0 Å². The van der Waals surface area contributed by atoms with Gasteiger partial charge < -0.3 is 19.5 Å². The number of hydrogen-bond donors (Lipinski definition) is 1. The molecule has 138 valence electrons. The maximum atomic E-state index is 11.8. The van der Waals surface area contributed by atoms with Crippen LogP contribution in [0, 0.1) is 0 Å². The first-order valence-electron chi connectivity index (χ1n) is 8.40. The third-order valence-electron chi connectivity index (χ3n) is 3.53. The van der Waals surface area contributed by atoms with E-state index in [2.05, 4.69) is 5.32 Å². The molecule has 1 amide bonds. The number of carbonyl (C=O) groups excluding carboxylic acids is 2. The lowest BCUT2D eigenvalue weighted by molar-refractivity contribution is -0.144. The molecule has 0 aliphatic rings. The topological polar surface area (TPSA) is 73.9 Å². The highest BCUT2D eigenvalue weighted by Crippen LogP contribution is 2.16. The first-order chi connectivity index (χ1) is 12.7. The molecule has 2 aromatic rings. The molecule has 0 spiro atoms. The fourth-order valence-corrected chi connectivity index (χ4v) is 2.21. The van der Waals surface area contributed by atoms with Gasteiger partial charge in [-0.05, 0) is 29.8 Å². The van der Waals surface area contributed by atoms with Crippen LogP contribution in [0.3, 0.4) is 0 Å². The van der Waals surface area contributed by atoms with Gasteiger partial charge in [0, 0.05) is 6.54 Å². The Hall–Kier alpha value is -3.02. The number of amides is 1. The second-order valence-corrected chi connectivity index (χ2v) is 5.51. The number of benzene rings is 2. The average molecular weight is 357 g/mol. The van der Waals surface area contributed by atoms with E-state index in [0.29, 0.717) is 12.2 Å². The summed E-state index contributed by atoms with van der Waals surface area (Å²) in [5.74, 6) is 0.934.